The highest BCUT2D eigenvalue weighted by Gasteiger charge is 2.31. The summed E-state index contributed by atoms with van der Waals surface area (Å²) in [5.74, 6) is 6.03. The Morgan fingerprint density at radius 3 is 2.72 bits per heavy atom. The van der Waals surface area contributed by atoms with Crippen molar-refractivity contribution in [2.75, 3.05) is 12.0 Å². The van der Waals surface area contributed by atoms with Gasteiger partial charge < -0.3 is 4.74 Å². The van der Waals surface area contributed by atoms with Gasteiger partial charge in [0, 0.05) is 6.04 Å². The molecule has 7 heteroatoms. The third-order valence-corrected chi connectivity index (χ3v) is 2.95. The second-order valence-electron chi connectivity index (χ2n) is 3.62. The van der Waals surface area contributed by atoms with Gasteiger partial charge in [0.2, 0.25) is 0 Å². The van der Waals surface area contributed by atoms with Crippen LogP contribution in [0.1, 0.15) is 18.0 Å². The lowest BCUT2D eigenvalue weighted by Gasteiger charge is -2.17. The van der Waals surface area contributed by atoms with Crippen molar-refractivity contribution < 1.29 is 17.9 Å². The Morgan fingerprint density at radius 1 is 1.44 bits per heavy atom. The van der Waals surface area contributed by atoms with Crippen LogP contribution in [0.3, 0.4) is 0 Å². The van der Waals surface area contributed by atoms with Crippen molar-refractivity contribution in [2.24, 2.45) is 5.84 Å². The number of thioether (sulfide) groups is 1. The molecule has 1 aromatic carbocycles. The number of hydrogen-bond acceptors (Lipinski definition) is 4. The van der Waals surface area contributed by atoms with E-state index in [1.54, 1.807) is 17.8 Å². The monoisotopic (exact) mass is 280 g/mol. The fraction of sp³-hybridized carbons (Fsp3) is 0.455. The van der Waals surface area contributed by atoms with Gasteiger partial charge in [-0.05, 0) is 36.1 Å². The summed E-state index contributed by atoms with van der Waals surface area (Å²) in [6.07, 6.45) is -1.99. The number of ether oxygens (including phenoxy) is 1. The van der Waals surface area contributed by atoms with Crippen LogP contribution in [-0.4, -0.2) is 18.4 Å². The molecule has 18 heavy (non-hydrogen) atoms. The highest BCUT2D eigenvalue weighted by Crippen LogP contribution is 2.26. The van der Waals surface area contributed by atoms with Gasteiger partial charge in [0.05, 0.1) is 0 Å². The first kappa shape index (κ1) is 15.1. The van der Waals surface area contributed by atoms with E-state index in [-0.39, 0.29) is 11.8 Å². The minimum absolute atomic E-state index is 0.186. The molecular formula is C11H15F3N2OS. The molecule has 1 atom stereocenters. The Balaban J connectivity index is 2.79. The lowest BCUT2D eigenvalue weighted by Crippen LogP contribution is -2.28. The molecule has 0 radical (unpaired) electrons. The van der Waals surface area contributed by atoms with Gasteiger partial charge in [-0.2, -0.15) is 11.8 Å². The molecule has 0 aromatic heterocycles. The van der Waals surface area contributed by atoms with Crippen LogP contribution in [0.25, 0.3) is 0 Å². The van der Waals surface area contributed by atoms with Gasteiger partial charge in [-0.15, -0.1) is 13.2 Å². The molecule has 0 spiro atoms. The van der Waals surface area contributed by atoms with Gasteiger partial charge in [-0.1, -0.05) is 12.1 Å². The molecule has 1 aromatic rings. The van der Waals surface area contributed by atoms with Crippen molar-refractivity contribution >= 4 is 11.8 Å². The molecule has 3 nitrogen and oxygen atoms in total. The van der Waals surface area contributed by atoms with E-state index in [1.807, 2.05) is 6.26 Å². The molecule has 0 amide bonds. The molecule has 1 unspecified atom stereocenters. The van der Waals surface area contributed by atoms with Crippen LogP contribution in [0, 0.1) is 0 Å². The maximum absolute atomic E-state index is 12.1. The Kier molecular flexibility index (Phi) is 5.77. The molecule has 1 rings (SSSR count). The van der Waals surface area contributed by atoms with Crippen molar-refractivity contribution in [1.29, 1.82) is 0 Å². The fourth-order valence-electron chi connectivity index (χ4n) is 1.51. The van der Waals surface area contributed by atoms with Crippen LogP contribution in [-0.2, 0) is 0 Å². The fourth-order valence-corrected chi connectivity index (χ4v) is 1.98. The zero-order valence-corrected chi connectivity index (χ0v) is 10.6. The predicted molar refractivity (Wildman–Crippen MR) is 66.2 cm³/mol. The molecular weight excluding hydrogens is 265 g/mol. The Bertz CT molecular complexity index is 374. The zero-order chi connectivity index (χ0) is 13.6. The molecule has 0 bridgehead atoms. The predicted octanol–water partition coefficient (Wildman–Crippen LogP) is 2.84. The van der Waals surface area contributed by atoms with E-state index in [2.05, 4.69) is 10.2 Å². The van der Waals surface area contributed by atoms with Gasteiger partial charge in [0.25, 0.3) is 0 Å². The Hall–Kier alpha value is -0.920. The van der Waals surface area contributed by atoms with Crippen LogP contribution in [0.15, 0.2) is 24.3 Å². The topological polar surface area (TPSA) is 47.3 Å². The van der Waals surface area contributed by atoms with E-state index in [1.165, 1.54) is 18.2 Å². The highest BCUT2D eigenvalue weighted by atomic mass is 32.2. The van der Waals surface area contributed by atoms with Crippen LogP contribution in [0.4, 0.5) is 13.2 Å². The maximum atomic E-state index is 12.1. The molecule has 0 aliphatic rings. The van der Waals surface area contributed by atoms with E-state index in [9.17, 15) is 13.2 Å². The number of benzene rings is 1. The lowest BCUT2D eigenvalue weighted by molar-refractivity contribution is -0.274. The number of nitrogens with two attached hydrogens (primary N) is 1. The average molecular weight is 280 g/mol. The third kappa shape index (κ3) is 5.16. The first-order valence-electron chi connectivity index (χ1n) is 5.27. The van der Waals surface area contributed by atoms with E-state index in [4.69, 9.17) is 5.84 Å². The standard InChI is InChI=1S/C11H15F3N2OS/c1-18-6-5-10(16-15)8-3-2-4-9(7-8)17-11(12,13)14/h2-4,7,10,16H,5-6,15H2,1H3. The van der Waals surface area contributed by atoms with Crippen molar-refractivity contribution in [3.05, 3.63) is 29.8 Å². The van der Waals surface area contributed by atoms with Crippen LogP contribution in [0.2, 0.25) is 0 Å². The van der Waals surface area contributed by atoms with Crippen molar-refractivity contribution in [1.82, 2.24) is 5.43 Å². The van der Waals surface area contributed by atoms with Crippen molar-refractivity contribution in [3.63, 3.8) is 0 Å². The van der Waals surface area contributed by atoms with Crippen LogP contribution < -0.4 is 16.0 Å². The summed E-state index contributed by atoms with van der Waals surface area (Å²) in [5, 5.41) is 0. The smallest absolute Gasteiger partial charge is 0.406 e. The van der Waals surface area contributed by atoms with Gasteiger partial charge in [0.15, 0.2) is 0 Å². The Labute approximate surface area is 108 Å². The van der Waals surface area contributed by atoms with Crippen LogP contribution in [0.5, 0.6) is 5.75 Å². The zero-order valence-electron chi connectivity index (χ0n) is 9.83. The van der Waals surface area contributed by atoms with Crippen LogP contribution >= 0.6 is 11.8 Å². The third-order valence-electron chi connectivity index (χ3n) is 2.31. The Morgan fingerprint density at radius 2 is 2.17 bits per heavy atom. The molecule has 0 aliphatic carbocycles. The summed E-state index contributed by atoms with van der Waals surface area (Å²) in [4.78, 5) is 0. The van der Waals surface area contributed by atoms with Gasteiger partial charge in [-0.25, -0.2) is 0 Å². The largest absolute Gasteiger partial charge is 0.573 e. The summed E-state index contributed by atoms with van der Waals surface area (Å²) in [6, 6.07) is 5.65. The lowest BCUT2D eigenvalue weighted by atomic mass is 10.1. The van der Waals surface area contributed by atoms with Crippen molar-refractivity contribution in [2.45, 2.75) is 18.8 Å². The minimum atomic E-state index is -4.68. The molecule has 102 valence electrons. The van der Waals surface area contributed by atoms with Gasteiger partial charge in [-0.3, -0.25) is 11.3 Å². The summed E-state index contributed by atoms with van der Waals surface area (Å²) in [6.45, 7) is 0. The summed E-state index contributed by atoms with van der Waals surface area (Å²) >= 11 is 1.65. The number of nitrogens with one attached hydrogen (secondary N) is 1. The molecule has 3 N–H and O–H groups in total. The van der Waals surface area contributed by atoms with Crippen molar-refractivity contribution in [3.8, 4) is 5.75 Å². The first-order chi connectivity index (χ1) is 8.46. The SMILES string of the molecule is CSCCC(NN)c1cccc(OC(F)(F)F)c1. The molecule has 0 fully saturated rings. The van der Waals surface area contributed by atoms with Gasteiger partial charge >= 0.3 is 6.36 Å². The van der Waals surface area contributed by atoms with E-state index >= 15 is 0 Å². The summed E-state index contributed by atoms with van der Waals surface area (Å²) in [7, 11) is 0. The molecule has 0 heterocycles. The number of rotatable bonds is 6. The molecule has 0 aliphatic heterocycles. The highest BCUT2D eigenvalue weighted by molar-refractivity contribution is 7.98. The summed E-state index contributed by atoms with van der Waals surface area (Å²) < 4.78 is 40.1. The van der Waals surface area contributed by atoms with Gasteiger partial charge in [0.1, 0.15) is 5.75 Å². The number of alkyl halides is 3. The summed E-state index contributed by atoms with van der Waals surface area (Å²) in [5.41, 5.74) is 3.27. The minimum Gasteiger partial charge on any atom is -0.406 e. The second kappa shape index (κ2) is 6.86. The quantitative estimate of drug-likeness (QED) is 0.621. The average Bonchev–Trinajstić information content (AvgIpc) is 2.28. The first-order valence-corrected chi connectivity index (χ1v) is 6.66. The second-order valence-corrected chi connectivity index (χ2v) is 4.61. The van der Waals surface area contributed by atoms with E-state index in [0.29, 0.717) is 5.56 Å². The normalized spacial score (nSPS) is 13.4. The number of hydrazine groups is 1. The maximum Gasteiger partial charge on any atom is 0.573 e. The molecule has 0 saturated carbocycles. The van der Waals surface area contributed by atoms with E-state index < -0.39 is 6.36 Å². The van der Waals surface area contributed by atoms with E-state index in [0.717, 1.165) is 12.2 Å². The number of halogens is 3. The molecule has 0 saturated heterocycles. The number of hydrogen-bond donors (Lipinski definition) is 2.